The van der Waals surface area contributed by atoms with Crippen LogP contribution in [0.25, 0.3) is 0 Å². The first-order valence-electron chi connectivity index (χ1n) is 6.69. The molecule has 0 aliphatic carbocycles. The molecule has 20 heavy (non-hydrogen) atoms. The summed E-state index contributed by atoms with van der Waals surface area (Å²) in [5, 5.41) is 0. The molecule has 0 amide bonds. The molecule has 2 N–H and O–H groups in total. The Balaban J connectivity index is 1.77. The van der Waals surface area contributed by atoms with Gasteiger partial charge in [-0.1, -0.05) is 42.0 Å². The molecule has 2 aromatic rings. The van der Waals surface area contributed by atoms with Crippen LogP contribution in [0.2, 0.25) is 0 Å². The Hall–Kier alpha value is -2.29. The predicted octanol–water partition coefficient (Wildman–Crippen LogP) is 3.25. The van der Waals surface area contributed by atoms with Crippen molar-refractivity contribution in [1.29, 1.82) is 0 Å². The molecule has 0 atom stereocenters. The zero-order valence-electron chi connectivity index (χ0n) is 11.6. The number of hydrogen-bond donors (Lipinski definition) is 1. The van der Waals surface area contributed by atoms with Gasteiger partial charge in [-0.15, -0.1) is 0 Å². The van der Waals surface area contributed by atoms with Gasteiger partial charge in [0.1, 0.15) is 6.61 Å². The normalized spacial score (nSPS) is 10.2. The molecule has 0 unspecified atom stereocenters. The molecule has 0 heterocycles. The van der Waals surface area contributed by atoms with Crippen molar-refractivity contribution >= 4 is 11.7 Å². The monoisotopic (exact) mass is 269 g/mol. The molecule has 0 bridgehead atoms. The molecule has 0 aliphatic heterocycles. The van der Waals surface area contributed by atoms with Gasteiger partial charge in [0, 0.05) is 12.1 Å². The molecule has 0 aromatic heterocycles. The first-order chi connectivity index (χ1) is 9.63. The van der Waals surface area contributed by atoms with Crippen LogP contribution >= 0.6 is 0 Å². The van der Waals surface area contributed by atoms with Gasteiger partial charge in [-0.25, -0.2) is 0 Å². The van der Waals surface area contributed by atoms with Gasteiger partial charge in [0.2, 0.25) is 0 Å². The van der Waals surface area contributed by atoms with Gasteiger partial charge in [0.15, 0.2) is 0 Å². The molecule has 2 rings (SSSR count). The van der Waals surface area contributed by atoms with E-state index in [9.17, 15) is 4.79 Å². The summed E-state index contributed by atoms with van der Waals surface area (Å²) in [5.41, 5.74) is 9.67. The maximum atomic E-state index is 11.7. The summed E-state index contributed by atoms with van der Waals surface area (Å²) in [7, 11) is 0. The third-order valence-electron chi connectivity index (χ3n) is 3.09. The molecule has 2 aromatic carbocycles. The van der Waals surface area contributed by atoms with E-state index in [0.29, 0.717) is 19.4 Å². The van der Waals surface area contributed by atoms with Crippen molar-refractivity contribution in [1.82, 2.24) is 0 Å². The van der Waals surface area contributed by atoms with Gasteiger partial charge in [0.25, 0.3) is 0 Å². The summed E-state index contributed by atoms with van der Waals surface area (Å²) in [5.74, 6) is -0.187. The molecule has 0 radical (unpaired) electrons. The van der Waals surface area contributed by atoms with Gasteiger partial charge in [-0.05, 0) is 36.6 Å². The lowest BCUT2D eigenvalue weighted by Crippen LogP contribution is -2.06. The summed E-state index contributed by atoms with van der Waals surface area (Å²) in [6.45, 7) is 2.36. The van der Waals surface area contributed by atoms with Crippen molar-refractivity contribution in [2.24, 2.45) is 0 Å². The highest BCUT2D eigenvalue weighted by molar-refractivity contribution is 5.69. The van der Waals surface area contributed by atoms with Crippen molar-refractivity contribution in [3.05, 3.63) is 65.2 Å². The maximum absolute atomic E-state index is 11.7. The summed E-state index contributed by atoms with van der Waals surface area (Å²) >= 11 is 0. The van der Waals surface area contributed by atoms with Gasteiger partial charge in [0.05, 0.1) is 0 Å². The van der Waals surface area contributed by atoms with Crippen LogP contribution in [-0.2, 0) is 22.6 Å². The number of esters is 1. The smallest absolute Gasteiger partial charge is 0.306 e. The minimum atomic E-state index is -0.187. The molecule has 0 saturated heterocycles. The largest absolute Gasteiger partial charge is 0.461 e. The van der Waals surface area contributed by atoms with E-state index in [2.05, 4.69) is 0 Å². The van der Waals surface area contributed by atoms with Crippen molar-refractivity contribution in [3.8, 4) is 0 Å². The summed E-state index contributed by atoms with van der Waals surface area (Å²) in [6, 6.07) is 15.5. The van der Waals surface area contributed by atoms with Crippen molar-refractivity contribution < 1.29 is 9.53 Å². The lowest BCUT2D eigenvalue weighted by Gasteiger charge is -2.06. The van der Waals surface area contributed by atoms with Crippen molar-refractivity contribution in [3.63, 3.8) is 0 Å². The lowest BCUT2D eigenvalue weighted by atomic mass is 10.1. The Morgan fingerprint density at radius 3 is 2.55 bits per heavy atom. The van der Waals surface area contributed by atoms with Crippen molar-refractivity contribution in [2.45, 2.75) is 26.4 Å². The highest BCUT2D eigenvalue weighted by Gasteiger charge is 2.04. The molecule has 0 spiro atoms. The van der Waals surface area contributed by atoms with E-state index in [1.54, 1.807) is 0 Å². The van der Waals surface area contributed by atoms with Crippen LogP contribution in [0.4, 0.5) is 5.69 Å². The number of carbonyl (C=O) groups excluding carboxylic acids is 1. The number of aryl methyl sites for hydroxylation is 2. The van der Waals surface area contributed by atoms with Gasteiger partial charge in [-0.3, -0.25) is 4.79 Å². The summed E-state index contributed by atoms with van der Waals surface area (Å²) in [4.78, 5) is 11.7. The Morgan fingerprint density at radius 1 is 1.10 bits per heavy atom. The number of carbonyl (C=O) groups is 1. The fraction of sp³-hybridized carbons (Fsp3) is 0.235. The third-order valence-corrected chi connectivity index (χ3v) is 3.09. The van der Waals surface area contributed by atoms with Crippen LogP contribution in [-0.4, -0.2) is 5.97 Å². The molecule has 104 valence electrons. The number of anilines is 1. The van der Waals surface area contributed by atoms with E-state index in [4.69, 9.17) is 10.5 Å². The highest BCUT2D eigenvalue weighted by atomic mass is 16.5. The maximum Gasteiger partial charge on any atom is 0.306 e. The average molecular weight is 269 g/mol. The molecule has 0 fully saturated rings. The molecular formula is C17H19NO2. The predicted molar refractivity (Wildman–Crippen MR) is 80.2 cm³/mol. The fourth-order valence-electron chi connectivity index (χ4n) is 1.92. The van der Waals surface area contributed by atoms with Crippen molar-refractivity contribution in [2.75, 3.05) is 5.73 Å². The van der Waals surface area contributed by atoms with E-state index in [1.165, 1.54) is 5.56 Å². The van der Waals surface area contributed by atoms with Crippen LogP contribution < -0.4 is 5.73 Å². The van der Waals surface area contributed by atoms with E-state index < -0.39 is 0 Å². The van der Waals surface area contributed by atoms with Crippen LogP contribution in [0.5, 0.6) is 0 Å². The zero-order valence-corrected chi connectivity index (χ0v) is 11.6. The molecule has 0 saturated carbocycles. The first-order valence-corrected chi connectivity index (χ1v) is 6.69. The molecule has 3 heteroatoms. The standard InChI is InChI=1S/C17H19NO2/c1-13-5-7-15(8-6-13)12-20-17(19)10-9-14-3-2-4-16(18)11-14/h2-8,11H,9-10,12,18H2,1H3. The number of benzene rings is 2. The van der Waals surface area contributed by atoms with Gasteiger partial charge < -0.3 is 10.5 Å². The second-order valence-corrected chi connectivity index (χ2v) is 4.89. The number of nitrogens with two attached hydrogens (primary N) is 1. The van der Waals surface area contributed by atoms with Crippen LogP contribution in [0.1, 0.15) is 23.1 Å². The Labute approximate surface area is 119 Å². The number of nitrogen functional groups attached to an aromatic ring is 1. The van der Waals surface area contributed by atoms with Gasteiger partial charge >= 0.3 is 5.97 Å². The second-order valence-electron chi connectivity index (χ2n) is 4.89. The molecule has 0 aliphatic rings. The Kier molecular flexibility index (Phi) is 4.77. The number of ether oxygens (including phenoxy) is 1. The quantitative estimate of drug-likeness (QED) is 0.669. The zero-order chi connectivity index (χ0) is 14.4. The fourth-order valence-corrected chi connectivity index (χ4v) is 1.92. The second kappa shape index (κ2) is 6.75. The SMILES string of the molecule is Cc1ccc(COC(=O)CCc2cccc(N)c2)cc1. The third kappa shape index (κ3) is 4.43. The summed E-state index contributed by atoms with van der Waals surface area (Å²) < 4.78 is 5.25. The molecular weight excluding hydrogens is 250 g/mol. The average Bonchev–Trinajstić information content (AvgIpc) is 2.45. The minimum absolute atomic E-state index is 0.187. The minimum Gasteiger partial charge on any atom is -0.461 e. The highest BCUT2D eigenvalue weighted by Crippen LogP contribution is 2.10. The van der Waals surface area contributed by atoms with Crippen LogP contribution in [0, 0.1) is 6.92 Å². The van der Waals surface area contributed by atoms with E-state index >= 15 is 0 Å². The number of hydrogen-bond acceptors (Lipinski definition) is 3. The lowest BCUT2D eigenvalue weighted by molar-refractivity contribution is -0.144. The topological polar surface area (TPSA) is 52.3 Å². The van der Waals surface area contributed by atoms with Crippen LogP contribution in [0.3, 0.4) is 0 Å². The van der Waals surface area contributed by atoms with Crippen LogP contribution in [0.15, 0.2) is 48.5 Å². The van der Waals surface area contributed by atoms with Gasteiger partial charge in [-0.2, -0.15) is 0 Å². The summed E-state index contributed by atoms with van der Waals surface area (Å²) in [6.07, 6.45) is 1.02. The Morgan fingerprint density at radius 2 is 1.85 bits per heavy atom. The first kappa shape index (κ1) is 14.1. The van der Waals surface area contributed by atoms with E-state index in [-0.39, 0.29) is 5.97 Å². The van der Waals surface area contributed by atoms with E-state index in [0.717, 1.165) is 16.8 Å². The molecule has 3 nitrogen and oxygen atoms in total. The Bertz CT molecular complexity index is 576. The number of rotatable bonds is 5. The van der Waals surface area contributed by atoms with E-state index in [1.807, 2.05) is 55.5 Å².